The molecule has 3 rings (SSSR count). The van der Waals surface area contributed by atoms with Gasteiger partial charge in [-0.3, -0.25) is 14.6 Å². The Morgan fingerprint density at radius 2 is 1.84 bits per heavy atom. The smallest absolute Gasteiger partial charge is 0.295 e. The molecule has 2 aromatic rings. The molecule has 0 spiro atoms. The predicted octanol–water partition coefficient (Wildman–Crippen LogP) is 2.47. The molecule has 0 saturated carbocycles. The zero-order valence-electron chi connectivity index (χ0n) is 18.2. The van der Waals surface area contributed by atoms with Gasteiger partial charge in [-0.2, -0.15) is 0 Å². The van der Waals surface area contributed by atoms with E-state index in [-0.39, 0.29) is 11.3 Å². The van der Waals surface area contributed by atoms with Crippen LogP contribution in [0.4, 0.5) is 0 Å². The lowest BCUT2D eigenvalue weighted by Gasteiger charge is -2.27. The lowest BCUT2D eigenvalue weighted by molar-refractivity contribution is -0.140. The van der Waals surface area contributed by atoms with Crippen LogP contribution in [0.2, 0.25) is 0 Å². The van der Waals surface area contributed by atoms with E-state index in [0.29, 0.717) is 35.6 Å². The number of nitrogens with zero attached hydrogens (tertiary/aromatic N) is 3. The molecular formula is C23H27N3O5. The number of likely N-dealkylation sites (tertiary alicyclic amines) is 1. The van der Waals surface area contributed by atoms with E-state index in [1.165, 1.54) is 31.5 Å². The van der Waals surface area contributed by atoms with Crippen LogP contribution in [0, 0.1) is 0 Å². The second-order valence-corrected chi connectivity index (χ2v) is 7.47. The van der Waals surface area contributed by atoms with Crippen molar-refractivity contribution in [2.45, 2.75) is 12.5 Å². The summed E-state index contributed by atoms with van der Waals surface area (Å²) in [6, 6.07) is 7.66. The molecule has 1 amide bonds. The Kier molecular flexibility index (Phi) is 6.91. The maximum absolute atomic E-state index is 13.1. The summed E-state index contributed by atoms with van der Waals surface area (Å²) in [7, 11) is 6.91. The van der Waals surface area contributed by atoms with Crippen molar-refractivity contribution in [2.75, 3.05) is 41.4 Å². The first-order chi connectivity index (χ1) is 14.9. The minimum atomic E-state index is -0.805. The number of carbonyl (C=O) groups is 2. The van der Waals surface area contributed by atoms with Crippen molar-refractivity contribution in [3.05, 3.63) is 59.4 Å². The van der Waals surface area contributed by atoms with E-state index in [9.17, 15) is 14.7 Å². The van der Waals surface area contributed by atoms with E-state index in [4.69, 9.17) is 9.47 Å². The fraction of sp³-hybridized carbons (Fsp3) is 0.348. The number of pyridine rings is 1. The number of ether oxygens (including phenoxy) is 2. The van der Waals surface area contributed by atoms with Gasteiger partial charge in [-0.15, -0.1) is 0 Å². The lowest BCUT2D eigenvalue weighted by atomic mass is 9.94. The summed E-state index contributed by atoms with van der Waals surface area (Å²) in [6.07, 6.45) is 3.70. The normalized spacial score (nSPS) is 18.0. The molecule has 1 N–H and O–H groups in total. The third-order valence-corrected chi connectivity index (χ3v) is 5.23. The Bertz CT molecular complexity index is 988. The molecule has 1 saturated heterocycles. The van der Waals surface area contributed by atoms with Crippen molar-refractivity contribution in [3.63, 3.8) is 0 Å². The molecule has 8 nitrogen and oxygen atoms in total. The van der Waals surface area contributed by atoms with Crippen LogP contribution in [0.5, 0.6) is 11.5 Å². The summed E-state index contributed by atoms with van der Waals surface area (Å²) in [4.78, 5) is 33.5. The summed E-state index contributed by atoms with van der Waals surface area (Å²) >= 11 is 0. The van der Waals surface area contributed by atoms with E-state index in [0.717, 1.165) is 6.54 Å². The first kappa shape index (κ1) is 22.3. The molecule has 1 aromatic carbocycles. The van der Waals surface area contributed by atoms with Crippen LogP contribution in [-0.4, -0.2) is 73.0 Å². The molecule has 0 unspecified atom stereocenters. The van der Waals surface area contributed by atoms with Gasteiger partial charge in [0.1, 0.15) is 5.76 Å². The number of aliphatic hydroxyl groups is 1. The van der Waals surface area contributed by atoms with Crippen molar-refractivity contribution in [3.8, 4) is 11.5 Å². The van der Waals surface area contributed by atoms with E-state index < -0.39 is 17.7 Å². The maximum Gasteiger partial charge on any atom is 0.295 e. The molecule has 1 aliphatic rings. The van der Waals surface area contributed by atoms with Gasteiger partial charge >= 0.3 is 0 Å². The first-order valence-corrected chi connectivity index (χ1v) is 9.95. The number of hydrogen-bond acceptors (Lipinski definition) is 7. The summed E-state index contributed by atoms with van der Waals surface area (Å²) in [5.74, 6) is -0.734. The van der Waals surface area contributed by atoms with Crippen molar-refractivity contribution in [1.82, 2.24) is 14.8 Å². The molecule has 1 aromatic heterocycles. The molecule has 1 atom stereocenters. The fourth-order valence-electron chi connectivity index (χ4n) is 3.78. The van der Waals surface area contributed by atoms with Gasteiger partial charge in [-0.1, -0.05) is 12.1 Å². The molecule has 2 heterocycles. The number of aliphatic hydroxyl groups excluding tert-OH is 1. The number of amides is 1. The molecule has 0 radical (unpaired) electrons. The summed E-state index contributed by atoms with van der Waals surface area (Å²) in [5.41, 5.74) is 1.00. The monoisotopic (exact) mass is 425 g/mol. The second kappa shape index (κ2) is 9.61. The van der Waals surface area contributed by atoms with Gasteiger partial charge in [0.15, 0.2) is 11.5 Å². The Morgan fingerprint density at radius 1 is 1.13 bits per heavy atom. The molecular weight excluding hydrogens is 398 g/mol. The Morgan fingerprint density at radius 3 is 2.45 bits per heavy atom. The van der Waals surface area contributed by atoms with Crippen molar-refractivity contribution in [1.29, 1.82) is 0 Å². The molecule has 1 aliphatic heterocycles. The van der Waals surface area contributed by atoms with E-state index >= 15 is 0 Å². The maximum atomic E-state index is 13.1. The van der Waals surface area contributed by atoms with E-state index in [2.05, 4.69) is 4.98 Å². The van der Waals surface area contributed by atoms with Crippen LogP contribution in [0.3, 0.4) is 0 Å². The zero-order valence-corrected chi connectivity index (χ0v) is 18.2. The largest absolute Gasteiger partial charge is 0.507 e. The van der Waals surface area contributed by atoms with Crippen LogP contribution in [0.15, 0.2) is 48.3 Å². The standard InChI is InChI=1S/C23H27N3O5/c1-25(2)13-6-14-26-19(16-7-5-8-17(30-3)22(16)31-4)18(21(28)23(26)29)20(27)15-9-11-24-12-10-15/h5,7-12,19,27H,6,13-14H2,1-4H3/t19-/m0/s1. The van der Waals surface area contributed by atoms with Crippen molar-refractivity contribution >= 4 is 17.4 Å². The molecule has 31 heavy (non-hydrogen) atoms. The highest BCUT2D eigenvalue weighted by Gasteiger charge is 2.47. The Balaban J connectivity index is 2.18. The van der Waals surface area contributed by atoms with Gasteiger partial charge in [-0.05, 0) is 45.3 Å². The number of benzene rings is 1. The molecule has 0 aliphatic carbocycles. The van der Waals surface area contributed by atoms with Crippen LogP contribution in [0.1, 0.15) is 23.6 Å². The molecule has 1 fully saturated rings. The van der Waals surface area contributed by atoms with Crippen LogP contribution in [-0.2, 0) is 9.59 Å². The Labute approximate surface area is 181 Å². The third kappa shape index (κ3) is 4.39. The number of hydrogen-bond donors (Lipinski definition) is 1. The van der Waals surface area contributed by atoms with Gasteiger partial charge in [0, 0.05) is 30.1 Å². The minimum Gasteiger partial charge on any atom is -0.507 e. The number of carbonyl (C=O) groups excluding carboxylic acids is 2. The van der Waals surface area contributed by atoms with Gasteiger partial charge in [0.2, 0.25) is 0 Å². The lowest BCUT2D eigenvalue weighted by Crippen LogP contribution is -2.32. The quantitative estimate of drug-likeness (QED) is 0.395. The average Bonchev–Trinajstić information content (AvgIpc) is 3.03. The second-order valence-electron chi connectivity index (χ2n) is 7.47. The summed E-state index contributed by atoms with van der Waals surface area (Å²) in [5, 5.41) is 11.0. The molecule has 0 bridgehead atoms. The van der Waals surface area contributed by atoms with Crippen LogP contribution < -0.4 is 9.47 Å². The number of ketones is 1. The van der Waals surface area contributed by atoms with E-state index in [1.807, 2.05) is 19.0 Å². The minimum absolute atomic E-state index is 0.0209. The average molecular weight is 425 g/mol. The SMILES string of the molecule is COc1cccc([C@H]2C(=C(O)c3ccncc3)C(=O)C(=O)N2CCCN(C)C)c1OC. The van der Waals surface area contributed by atoms with Gasteiger partial charge in [0.25, 0.3) is 11.7 Å². The summed E-state index contributed by atoms with van der Waals surface area (Å²) < 4.78 is 11.0. The van der Waals surface area contributed by atoms with Crippen molar-refractivity contribution < 1.29 is 24.2 Å². The third-order valence-electron chi connectivity index (χ3n) is 5.23. The highest BCUT2D eigenvalue weighted by molar-refractivity contribution is 6.46. The van der Waals surface area contributed by atoms with Gasteiger partial charge < -0.3 is 24.4 Å². The number of para-hydroxylation sites is 1. The highest BCUT2D eigenvalue weighted by atomic mass is 16.5. The van der Waals surface area contributed by atoms with Crippen LogP contribution >= 0.6 is 0 Å². The molecule has 164 valence electrons. The number of rotatable bonds is 8. The number of methoxy groups -OCH3 is 2. The first-order valence-electron chi connectivity index (χ1n) is 9.95. The van der Waals surface area contributed by atoms with Crippen LogP contribution in [0.25, 0.3) is 5.76 Å². The van der Waals surface area contributed by atoms with Gasteiger partial charge in [-0.25, -0.2) is 0 Å². The highest BCUT2D eigenvalue weighted by Crippen LogP contribution is 2.45. The fourth-order valence-corrected chi connectivity index (χ4v) is 3.78. The van der Waals surface area contributed by atoms with E-state index in [1.54, 1.807) is 30.3 Å². The van der Waals surface area contributed by atoms with Crippen molar-refractivity contribution in [2.24, 2.45) is 0 Å². The molecule has 8 heteroatoms. The predicted molar refractivity (Wildman–Crippen MR) is 116 cm³/mol. The number of aromatic nitrogens is 1. The zero-order chi connectivity index (χ0) is 22.5. The summed E-state index contributed by atoms with van der Waals surface area (Å²) in [6.45, 7) is 1.09. The van der Waals surface area contributed by atoms with Gasteiger partial charge in [0.05, 0.1) is 25.8 Å². The Hall–Kier alpha value is -3.39. The number of Topliss-reactive ketones (excluding diaryl/α,β-unsaturated/α-hetero) is 1. The topological polar surface area (TPSA) is 92.2 Å².